The molecule has 1 N–H and O–H groups in total. The van der Waals surface area contributed by atoms with Crippen LogP contribution in [0.4, 0.5) is 5.69 Å². The van der Waals surface area contributed by atoms with E-state index in [1.165, 1.54) is 11.3 Å². The highest BCUT2D eigenvalue weighted by Gasteiger charge is 2.22. The van der Waals surface area contributed by atoms with Gasteiger partial charge in [0.05, 0.1) is 0 Å². The fraction of sp³-hybridized carbons (Fsp3) is 0.619. The second-order valence-corrected chi connectivity index (χ2v) is 7.61. The number of nitrogens with one attached hydrogen (secondary N) is 1. The highest BCUT2D eigenvalue weighted by Crippen LogP contribution is 2.21. The van der Waals surface area contributed by atoms with Crippen LogP contribution in [0, 0.1) is 6.92 Å². The van der Waals surface area contributed by atoms with E-state index in [2.05, 4.69) is 41.4 Å². The van der Waals surface area contributed by atoms with E-state index in [9.17, 15) is 9.59 Å². The summed E-state index contributed by atoms with van der Waals surface area (Å²) in [5.74, 6) is 0.290. The van der Waals surface area contributed by atoms with Gasteiger partial charge in [0.15, 0.2) is 0 Å². The number of hydrogen-bond acceptors (Lipinski definition) is 3. The largest absolute Gasteiger partial charge is 0.371 e. The molecular formula is C21H31N3O2. The topological polar surface area (TPSA) is 52.7 Å². The van der Waals surface area contributed by atoms with Gasteiger partial charge in [0.25, 0.3) is 0 Å². The number of nitrogens with zero attached hydrogens (tertiary/aromatic N) is 2. The molecule has 26 heavy (non-hydrogen) atoms. The lowest BCUT2D eigenvalue weighted by Crippen LogP contribution is -2.45. The zero-order chi connectivity index (χ0) is 18.4. The molecule has 0 spiro atoms. The molecule has 2 heterocycles. The summed E-state index contributed by atoms with van der Waals surface area (Å²) in [6, 6.07) is 8.85. The van der Waals surface area contributed by atoms with Gasteiger partial charge in [-0.2, -0.15) is 0 Å². The number of benzene rings is 1. The van der Waals surface area contributed by atoms with Gasteiger partial charge >= 0.3 is 0 Å². The predicted octanol–water partition coefficient (Wildman–Crippen LogP) is 2.87. The van der Waals surface area contributed by atoms with Gasteiger partial charge in [-0.25, -0.2) is 0 Å². The first-order valence-electron chi connectivity index (χ1n) is 10.0. The number of carbonyl (C=O) groups excluding carboxylic acids is 2. The summed E-state index contributed by atoms with van der Waals surface area (Å²) in [6.07, 6.45) is 6.17. The third-order valence-electron chi connectivity index (χ3n) is 5.51. The Morgan fingerprint density at radius 3 is 2.73 bits per heavy atom. The maximum absolute atomic E-state index is 12.3. The zero-order valence-corrected chi connectivity index (χ0v) is 15.9. The molecule has 0 unspecified atom stereocenters. The monoisotopic (exact) mass is 357 g/mol. The predicted molar refractivity (Wildman–Crippen MR) is 104 cm³/mol. The third kappa shape index (κ3) is 5.23. The summed E-state index contributed by atoms with van der Waals surface area (Å²) in [4.78, 5) is 28.5. The van der Waals surface area contributed by atoms with E-state index in [0.29, 0.717) is 19.4 Å². The molecule has 142 valence electrons. The van der Waals surface area contributed by atoms with Crippen molar-refractivity contribution in [3.63, 3.8) is 0 Å². The molecule has 5 nitrogen and oxygen atoms in total. The van der Waals surface area contributed by atoms with Crippen molar-refractivity contribution < 1.29 is 9.59 Å². The molecule has 0 atom stereocenters. The van der Waals surface area contributed by atoms with E-state index in [4.69, 9.17) is 0 Å². The van der Waals surface area contributed by atoms with Gasteiger partial charge in [-0.1, -0.05) is 18.6 Å². The summed E-state index contributed by atoms with van der Waals surface area (Å²) in [6.45, 7) is 5.43. The van der Waals surface area contributed by atoms with Crippen molar-refractivity contribution in [1.82, 2.24) is 10.2 Å². The first kappa shape index (κ1) is 18.7. The van der Waals surface area contributed by atoms with E-state index in [-0.39, 0.29) is 17.9 Å². The maximum atomic E-state index is 12.3. The number of aryl methyl sites for hydroxylation is 1. The summed E-state index contributed by atoms with van der Waals surface area (Å²) in [5, 5.41) is 3.17. The Bertz CT molecular complexity index is 623. The highest BCUT2D eigenvalue weighted by atomic mass is 16.2. The average Bonchev–Trinajstić information content (AvgIpc) is 2.85. The van der Waals surface area contributed by atoms with Crippen molar-refractivity contribution in [3.05, 3.63) is 29.8 Å². The number of anilines is 1. The molecule has 2 amide bonds. The maximum Gasteiger partial charge on any atom is 0.222 e. The first-order valence-corrected chi connectivity index (χ1v) is 10.0. The van der Waals surface area contributed by atoms with Crippen molar-refractivity contribution in [2.75, 3.05) is 31.1 Å². The second-order valence-electron chi connectivity index (χ2n) is 7.61. The van der Waals surface area contributed by atoms with Gasteiger partial charge in [-0.3, -0.25) is 9.59 Å². The number of amides is 2. The quantitative estimate of drug-likeness (QED) is 0.882. The van der Waals surface area contributed by atoms with Crippen molar-refractivity contribution >= 4 is 17.5 Å². The van der Waals surface area contributed by atoms with Crippen LogP contribution >= 0.6 is 0 Å². The summed E-state index contributed by atoms with van der Waals surface area (Å²) in [7, 11) is 0. The Morgan fingerprint density at radius 2 is 1.96 bits per heavy atom. The number of piperidine rings is 1. The second kappa shape index (κ2) is 9.06. The Morgan fingerprint density at radius 1 is 1.15 bits per heavy atom. The SMILES string of the molecule is Cc1cccc(N2CCC(NC(=O)CCN3CCCCCC3=O)CC2)c1. The Kier molecular flexibility index (Phi) is 6.53. The van der Waals surface area contributed by atoms with Crippen molar-refractivity contribution in [1.29, 1.82) is 0 Å². The zero-order valence-electron chi connectivity index (χ0n) is 15.9. The smallest absolute Gasteiger partial charge is 0.222 e. The summed E-state index contributed by atoms with van der Waals surface area (Å²) >= 11 is 0. The lowest BCUT2D eigenvalue weighted by atomic mass is 10.0. The van der Waals surface area contributed by atoms with Crippen molar-refractivity contribution in [2.24, 2.45) is 0 Å². The van der Waals surface area contributed by atoms with Crippen LogP contribution in [0.2, 0.25) is 0 Å². The van der Waals surface area contributed by atoms with E-state index >= 15 is 0 Å². The molecule has 2 aliphatic rings. The van der Waals surface area contributed by atoms with Crippen LogP contribution in [-0.4, -0.2) is 48.9 Å². The molecule has 5 heteroatoms. The molecule has 0 radical (unpaired) electrons. The van der Waals surface area contributed by atoms with Gasteiger partial charge in [-0.05, 0) is 50.3 Å². The molecule has 1 aromatic carbocycles. The van der Waals surface area contributed by atoms with Crippen molar-refractivity contribution in [3.8, 4) is 0 Å². The number of hydrogen-bond donors (Lipinski definition) is 1. The molecule has 0 bridgehead atoms. The molecule has 2 aliphatic heterocycles. The van der Waals surface area contributed by atoms with Gasteiger partial charge < -0.3 is 15.1 Å². The van der Waals surface area contributed by atoms with Gasteiger partial charge in [0.1, 0.15) is 0 Å². The van der Waals surface area contributed by atoms with Crippen LogP contribution < -0.4 is 10.2 Å². The Hall–Kier alpha value is -2.04. The van der Waals surface area contributed by atoms with Gasteiger partial charge in [0, 0.05) is 50.7 Å². The van der Waals surface area contributed by atoms with Gasteiger partial charge in [-0.15, -0.1) is 0 Å². The van der Waals surface area contributed by atoms with Crippen molar-refractivity contribution in [2.45, 2.75) is 57.9 Å². The standard InChI is InChI=1S/C21H31N3O2/c1-17-6-5-7-19(16-17)23-13-9-18(10-14-23)22-20(25)11-15-24-12-4-2-3-8-21(24)26/h5-7,16,18H,2-4,8-15H2,1H3,(H,22,25). The molecule has 2 saturated heterocycles. The van der Waals surface area contributed by atoms with Crippen LogP contribution in [0.5, 0.6) is 0 Å². The minimum atomic E-state index is 0.0797. The lowest BCUT2D eigenvalue weighted by Gasteiger charge is -2.34. The average molecular weight is 357 g/mol. The third-order valence-corrected chi connectivity index (χ3v) is 5.51. The normalized spacial score (nSPS) is 19.3. The minimum Gasteiger partial charge on any atom is -0.371 e. The van der Waals surface area contributed by atoms with Gasteiger partial charge in [0.2, 0.25) is 11.8 Å². The fourth-order valence-corrected chi connectivity index (χ4v) is 3.92. The molecular weight excluding hydrogens is 326 g/mol. The summed E-state index contributed by atoms with van der Waals surface area (Å²) < 4.78 is 0. The molecule has 0 aliphatic carbocycles. The molecule has 1 aromatic rings. The lowest BCUT2D eigenvalue weighted by molar-refractivity contribution is -0.131. The van der Waals surface area contributed by atoms with Crippen LogP contribution in [0.3, 0.4) is 0 Å². The minimum absolute atomic E-state index is 0.0797. The fourth-order valence-electron chi connectivity index (χ4n) is 3.92. The van der Waals surface area contributed by atoms with Crippen LogP contribution in [0.25, 0.3) is 0 Å². The number of carbonyl (C=O) groups is 2. The van der Waals surface area contributed by atoms with Crippen LogP contribution in [0.1, 0.15) is 50.5 Å². The Balaban J connectivity index is 1.40. The Labute approximate surface area is 156 Å². The van der Waals surface area contributed by atoms with Crippen LogP contribution in [-0.2, 0) is 9.59 Å². The first-order chi connectivity index (χ1) is 12.6. The van der Waals surface area contributed by atoms with E-state index < -0.39 is 0 Å². The van der Waals surface area contributed by atoms with E-state index in [0.717, 1.165) is 51.7 Å². The van der Waals surface area contributed by atoms with Crippen LogP contribution in [0.15, 0.2) is 24.3 Å². The highest BCUT2D eigenvalue weighted by molar-refractivity contribution is 5.79. The molecule has 3 rings (SSSR count). The molecule has 2 fully saturated rings. The van der Waals surface area contributed by atoms with E-state index in [1.807, 2.05) is 4.90 Å². The summed E-state index contributed by atoms with van der Waals surface area (Å²) in [5.41, 5.74) is 2.55. The molecule has 0 aromatic heterocycles. The van der Waals surface area contributed by atoms with E-state index in [1.54, 1.807) is 0 Å². The number of rotatable bonds is 5. The number of likely N-dealkylation sites (tertiary alicyclic amines) is 1. The molecule has 0 saturated carbocycles.